The van der Waals surface area contributed by atoms with Gasteiger partial charge < -0.3 is 5.11 Å². The van der Waals surface area contributed by atoms with Crippen LogP contribution < -0.4 is 5.32 Å². The Bertz CT molecular complexity index is 555. The zero-order valence-corrected chi connectivity index (χ0v) is 9.43. The molecule has 0 unspecified atom stereocenters. The molecule has 4 nitrogen and oxygen atoms in total. The quantitative estimate of drug-likeness (QED) is 0.875. The van der Waals surface area contributed by atoms with Crippen LogP contribution in [0.3, 0.4) is 0 Å². The Morgan fingerprint density at radius 3 is 2.67 bits per heavy atom. The Kier molecular flexibility index (Phi) is 3.52. The Labute approximate surface area is 103 Å². The lowest BCUT2D eigenvalue weighted by Gasteiger charge is -2.04. The minimum Gasteiger partial charge on any atom is -0.465 e. The average molecular weight is 246 g/mol. The van der Waals surface area contributed by atoms with Crippen LogP contribution >= 0.6 is 0 Å². The highest BCUT2D eigenvalue weighted by atomic mass is 19.1. The first-order chi connectivity index (χ1) is 8.63. The molecule has 5 heteroatoms. The first kappa shape index (κ1) is 12.0. The number of rotatable bonds is 3. The zero-order valence-electron chi connectivity index (χ0n) is 9.43. The number of hydrogen-bond donors (Lipinski definition) is 2. The van der Waals surface area contributed by atoms with Crippen LogP contribution in [-0.4, -0.2) is 16.2 Å². The normalized spacial score (nSPS) is 10.1. The van der Waals surface area contributed by atoms with Crippen molar-refractivity contribution in [1.82, 2.24) is 4.98 Å². The summed E-state index contributed by atoms with van der Waals surface area (Å²) in [6, 6.07) is 9.34. The van der Waals surface area contributed by atoms with E-state index in [0.29, 0.717) is 17.8 Å². The maximum Gasteiger partial charge on any atom is 0.409 e. The predicted molar refractivity (Wildman–Crippen MR) is 65.1 cm³/mol. The molecule has 0 aliphatic rings. The third-order valence-corrected chi connectivity index (χ3v) is 2.37. The Balaban J connectivity index is 2.13. The molecule has 2 aromatic rings. The van der Waals surface area contributed by atoms with Crippen molar-refractivity contribution in [3.63, 3.8) is 0 Å². The zero-order chi connectivity index (χ0) is 13.0. The number of anilines is 1. The van der Waals surface area contributed by atoms with Crippen LogP contribution in [-0.2, 0) is 6.42 Å². The van der Waals surface area contributed by atoms with E-state index in [1.807, 2.05) is 0 Å². The number of nitrogens with one attached hydrogen (secondary N) is 1. The molecule has 0 bridgehead atoms. The second kappa shape index (κ2) is 5.27. The summed E-state index contributed by atoms with van der Waals surface area (Å²) < 4.78 is 12.7. The van der Waals surface area contributed by atoms with Gasteiger partial charge in [0.25, 0.3) is 0 Å². The minimum atomic E-state index is -1.12. The van der Waals surface area contributed by atoms with Gasteiger partial charge in [-0.25, -0.2) is 9.18 Å². The van der Waals surface area contributed by atoms with Crippen molar-refractivity contribution in [3.8, 4) is 0 Å². The SMILES string of the molecule is O=C(O)Nc1ccnc(Cc2ccc(F)cc2)c1. The van der Waals surface area contributed by atoms with Crippen molar-refractivity contribution in [2.75, 3.05) is 5.32 Å². The number of benzene rings is 1. The van der Waals surface area contributed by atoms with Gasteiger partial charge in [0.2, 0.25) is 0 Å². The topological polar surface area (TPSA) is 62.2 Å². The van der Waals surface area contributed by atoms with Crippen molar-refractivity contribution >= 4 is 11.8 Å². The van der Waals surface area contributed by atoms with Gasteiger partial charge in [0.1, 0.15) is 5.82 Å². The first-order valence-electron chi connectivity index (χ1n) is 5.33. The summed E-state index contributed by atoms with van der Waals surface area (Å²) in [5, 5.41) is 10.9. The second-order valence-corrected chi connectivity index (χ2v) is 3.77. The van der Waals surface area contributed by atoms with Gasteiger partial charge in [-0.15, -0.1) is 0 Å². The summed E-state index contributed by atoms with van der Waals surface area (Å²) in [7, 11) is 0. The van der Waals surface area contributed by atoms with Gasteiger partial charge in [0, 0.05) is 24.0 Å². The van der Waals surface area contributed by atoms with Crippen molar-refractivity contribution < 1.29 is 14.3 Å². The van der Waals surface area contributed by atoms with E-state index in [2.05, 4.69) is 10.3 Å². The lowest BCUT2D eigenvalue weighted by molar-refractivity contribution is 0.210. The number of hydrogen-bond acceptors (Lipinski definition) is 2. The fourth-order valence-corrected chi connectivity index (χ4v) is 1.59. The van der Waals surface area contributed by atoms with E-state index in [1.54, 1.807) is 24.3 Å². The van der Waals surface area contributed by atoms with Gasteiger partial charge >= 0.3 is 6.09 Å². The van der Waals surface area contributed by atoms with Crippen LogP contribution in [0.15, 0.2) is 42.6 Å². The summed E-state index contributed by atoms with van der Waals surface area (Å²) in [5.41, 5.74) is 2.10. The van der Waals surface area contributed by atoms with E-state index in [1.165, 1.54) is 18.3 Å². The maximum atomic E-state index is 12.7. The van der Waals surface area contributed by atoms with Crippen LogP contribution in [0.2, 0.25) is 0 Å². The summed E-state index contributed by atoms with van der Waals surface area (Å²) in [4.78, 5) is 14.6. The smallest absolute Gasteiger partial charge is 0.409 e. The van der Waals surface area contributed by atoms with Crippen molar-refractivity contribution in [1.29, 1.82) is 0 Å². The van der Waals surface area contributed by atoms with Crippen LogP contribution in [0.1, 0.15) is 11.3 Å². The number of amides is 1. The number of pyridine rings is 1. The number of aromatic nitrogens is 1. The molecule has 0 saturated heterocycles. The molecule has 1 aromatic heterocycles. The Hall–Kier alpha value is -2.43. The van der Waals surface area contributed by atoms with E-state index in [0.717, 1.165) is 5.56 Å². The number of halogens is 1. The molecule has 0 atom stereocenters. The van der Waals surface area contributed by atoms with E-state index < -0.39 is 6.09 Å². The van der Waals surface area contributed by atoms with E-state index >= 15 is 0 Å². The standard InChI is InChI=1S/C13H11FN2O2/c14-10-3-1-9(2-4-10)7-12-8-11(5-6-15-12)16-13(17)18/h1-6,8H,7H2,(H,15,16)(H,17,18). The van der Waals surface area contributed by atoms with Gasteiger partial charge in [-0.05, 0) is 29.8 Å². The predicted octanol–water partition coefficient (Wildman–Crippen LogP) is 2.90. The molecule has 18 heavy (non-hydrogen) atoms. The third-order valence-electron chi connectivity index (χ3n) is 2.37. The molecule has 2 N–H and O–H groups in total. The molecule has 2 rings (SSSR count). The molecule has 0 radical (unpaired) electrons. The van der Waals surface area contributed by atoms with Gasteiger partial charge in [0.15, 0.2) is 0 Å². The van der Waals surface area contributed by atoms with Gasteiger partial charge in [-0.3, -0.25) is 10.3 Å². The number of carboxylic acid groups (broad SMARTS) is 1. The molecular weight excluding hydrogens is 235 g/mol. The third kappa shape index (κ3) is 3.28. The fourth-order valence-electron chi connectivity index (χ4n) is 1.59. The van der Waals surface area contributed by atoms with E-state index in [-0.39, 0.29) is 5.82 Å². The van der Waals surface area contributed by atoms with Crippen LogP contribution in [0, 0.1) is 5.82 Å². The highest BCUT2D eigenvalue weighted by molar-refractivity contribution is 5.82. The summed E-state index contributed by atoms with van der Waals surface area (Å²) in [6.07, 6.45) is 0.938. The number of carbonyl (C=O) groups is 1. The first-order valence-corrected chi connectivity index (χ1v) is 5.33. The molecule has 0 fully saturated rings. The van der Waals surface area contributed by atoms with Crippen LogP contribution in [0.4, 0.5) is 14.9 Å². The summed E-state index contributed by atoms with van der Waals surface area (Å²) in [6.45, 7) is 0. The monoisotopic (exact) mass is 246 g/mol. The largest absolute Gasteiger partial charge is 0.465 e. The second-order valence-electron chi connectivity index (χ2n) is 3.77. The van der Waals surface area contributed by atoms with Crippen LogP contribution in [0.5, 0.6) is 0 Å². The maximum absolute atomic E-state index is 12.7. The molecule has 1 heterocycles. The molecular formula is C13H11FN2O2. The fraction of sp³-hybridized carbons (Fsp3) is 0.0769. The Morgan fingerprint density at radius 2 is 2.00 bits per heavy atom. The molecule has 92 valence electrons. The highest BCUT2D eigenvalue weighted by Crippen LogP contribution is 2.12. The molecule has 1 aromatic carbocycles. The molecule has 0 saturated carbocycles. The molecule has 0 aliphatic carbocycles. The van der Waals surface area contributed by atoms with E-state index in [4.69, 9.17) is 5.11 Å². The lowest BCUT2D eigenvalue weighted by atomic mass is 10.1. The molecule has 1 amide bonds. The Morgan fingerprint density at radius 1 is 1.28 bits per heavy atom. The summed E-state index contributed by atoms with van der Waals surface area (Å²) in [5.74, 6) is -0.284. The number of nitrogens with zero attached hydrogens (tertiary/aromatic N) is 1. The van der Waals surface area contributed by atoms with Crippen molar-refractivity contribution in [2.24, 2.45) is 0 Å². The van der Waals surface area contributed by atoms with Crippen LogP contribution in [0.25, 0.3) is 0 Å². The van der Waals surface area contributed by atoms with Gasteiger partial charge in [-0.1, -0.05) is 12.1 Å². The minimum absolute atomic E-state index is 0.284. The van der Waals surface area contributed by atoms with Crippen molar-refractivity contribution in [3.05, 3.63) is 59.7 Å². The van der Waals surface area contributed by atoms with Gasteiger partial charge in [-0.2, -0.15) is 0 Å². The molecule has 0 spiro atoms. The van der Waals surface area contributed by atoms with Gasteiger partial charge in [0.05, 0.1) is 0 Å². The van der Waals surface area contributed by atoms with E-state index in [9.17, 15) is 9.18 Å². The molecule has 0 aliphatic heterocycles. The summed E-state index contributed by atoms with van der Waals surface area (Å²) >= 11 is 0. The lowest BCUT2D eigenvalue weighted by Crippen LogP contribution is -2.07. The average Bonchev–Trinajstić information content (AvgIpc) is 2.32. The highest BCUT2D eigenvalue weighted by Gasteiger charge is 2.02. The van der Waals surface area contributed by atoms with Crippen molar-refractivity contribution in [2.45, 2.75) is 6.42 Å².